The van der Waals surface area contributed by atoms with Crippen LogP contribution in [0.25, 0.3) is 21.7 Å². The Hall–Kier alpha value is -1.89. The largest absolute Gasteiger partial charge is 0.255 e. The molecule has 3 aromatic rings. The normalized spacial score (nSPS) is 14.9. The summed E-state index contributed by atoms with van der Waals surface area (Å²) in [5.41, 5.74) is 4.23. The molecule has 1 nitrogen and oxygen atoms in total. The van der Waals surface area contributed by atoms with Gasteiger partial charge in [-0.1, -0.05) is 36.4 Å². The highest BCUT2D eigenvalue weighted by molar-refractivity contribution is 6.06. The van der Waals surface area contributed by atoms with Crippen molar-refractivity contribution < 1.29 is 0 Å². The number of aromatic nitrogens is 1. The van der Waals surface area contributed by atoms with Crippen LogP contribution in [0.15, 0.2) is 42.6 Å². The van der Waals surface area contributed by atoms with Crippen LogP contribution in [-0.4, -0.2) is 4.98 Å². The Kier molecular flexibility index (Phi) is 2.13. The van der Waals surface area contributed by atoms with Gasteiger partial charge in [0.15, 0.2) is 0 Å². The third-order valence-electron chi connectivity index (χ3n) is 4.09. The minimum atomic E-state index is 1.19. The highest BCUT2D eigenvalue weighted by Crippen LogP contribution is 2.31. The molecule has 0 unspecified atom stereocenters. The fourth-order valence-corrected chi connectivity index (χ4v) is 3.16. The zero-order valence-corrected chi connectivity index (χ0v) is 10.3. The van der Waals surface area contributed by atoms with Crippen LogP contribution in [-0.2, 0) is 12.8 Å². The van der Waals surface area contributed by atoms with E-state index in [1.54, 1.807) is 0 Å². The van der Waals surface area contributed by atoms with Crippen LogP contribution < -0.4 is 0 Å². The molecule has 1 heteroatoms. The van der Waals surface area contributed by atoms with Crippen LogP contribution in [0.5, 0.6) is 0 Å². The standard InChI is InChI=1S/C17H15N/c1-4-8-15-12(5-1)9-10-16-14-7-3-2-6-13(14)11-18-17(15)16/h2-3,6-7,9-11H,1,4-5,8H2. The molecule has 0 atom stereocenters. The van der Waals surface area contributed by atoms with Crippen LogP contribution in [0.3, 0.4) is 0 Å². The number of aryl methyl sites for hydroxylation is 2. The first kappa shape index (κ1) is 10.1. The molecule has 0 bridgehead atoms. The maximum atomic E-state index is 4.72. The van der Waals surface area contributed by atoms with E-state index in [0.717, 1.165) is 0 Å². The summed E-state index contributed by atoms with van der Waals surface area (Å²) < 4.78 is 0. The second-order valence-electron chi connectivity index (χ2n) is 5.15. The summed E-state index contributed by atoms with van der Waals surface area (Å²) in [5.74, 6) is 0. The molecule has 88 valence electrons. The smallest absolute Gasteiger partial charge is 0.0743 e. The quantitative estimate of drug-likeness (QED) is 0.528. The predicted molar refractivity (Wildman–Crippen MR) is 75.9 cm³/mol. The Bertz CT molecular complexity index is 743. The van der Waals surface area contributed by atoms with E-state index in [4.69, 9.17) is 4.98 Å². The minimum absolute atomic E-state index is 1.19. The molecule has 18 heavy (non-hydrogen) atoms. The van der Waals surface area contributed by atoms with E-state index in [2.05, 4.69) is 36.4 Å². The average Bonchev–Trinajstić information content (AvgIpc) is 2.46. The summed E-state index contributed by atoms with van der Waals surface area (Å²) in [7, 11) is 0. The molecular weight excluding hydrogens is 218 g/mol. The monoisotopic (exact) mass is 233 g/mol. The highest BCUT2D eigenvalue weighted by atomic mass is 14.7. The van der Waals surface area contributed by atoms with Gasteiger partial charge in [0.05, 0.1) is 5.52 Å². The van der Waals surface area contributed by atoms with Crippen molar-refractivity contribution >= 4 is 21.7 Å². The number of fused-ring (bicyclic) bond motifs is 5. The van der Waals surface area contributed by atoms with Gasteiger partial charge in [-0.05, 0) is 42.2 Å². The fraction of sp³-hybridized carbons (Fsp3) is 0.235. The average molecular weight is 233 g/mol. The molecule has 1 aromatic heterocycles. The van der Waals surface area contributed by atoms with Crippen molar-refractivity contribution in [2.75, 3.05) is 0 Å². The van der Waals surface area contributed by atoms with Crippen LogP contribution in [0, 0.1) is 0 Å². The van der Waals surface area contributed by atoms with Gasteiger partial charge < -0.3 is 0 Å². The highest BCUT2D eigenvalue weighted by Gasteiger charge is 2.14. The first-order valence-electron chi connectivity index (χ1n) is 6.72. The molecule has 0 fully saturated rings. The van der Waals surface area contributed by atoms with Crippen LogP contribution in [0.1, 0.15) is 24.0 Å². The van der Waals surface area contributed by atoms with Crippen molar-refractivity contribution in [3.8, 4) is 0 Å². The Morgan fingerprint density at radius 1 is 0.833 bits per heavy atom. The van der Waals surface area contributed by atoms with Crippen LogP contribution >= 0.6 is 0 Å². The first-order valence-corrected chi connectivity index (χ1v) is 6.72. The topological polar surface area (TPSA) is 12.9 Å². The lowest BCUT2D eigenvalue weighted by Crippen LogP contribution is -2.04. The first-order chi connectivity index (χ1) is 8.93. The van der Waals surface area contributed by atoms with Crippen LogP contribution in [0.2, 0.25) is 0 Å². The van der Waals surface area contributed by atoms with Gasteiger partial charge in [-0.3, -0.25) is 4.98 Å². The van der Waals surface area contributed by atoms with E-state index in [9.17, 15) is 0 Å². The Labute approximate surface area is 106 Å². The van der Waals surface area contributed by atoms with E-state index in [0.29, 0.717) is 0 Å². The zero-order chi connectivity index (χ0) is 11.9. The van der Waals surface area contributed by atoms with Crippen molar-refractivity contribution in [2.24, 2.45) is 0 Å². The molecule has 0 N–H and O–H groups in total. The predicted octanol–water partition coefficient (Wildman–Crippen LogP) is 4.27. The number of rotatable bonds is 0. The van der Waals surface area contributed by atoms with E-state index >= 15 is 0 Å². The van der Waals surface area contributed by atoms with Gasteiger partial charge >= 0.3 is 0 Å². The lowest BCUT2D eigenvalue weighted by atomic mass is 9.89. The molecule has 0 saturated heterocycles. The van der Waals surface area contributed by atoms with Gasteiger partial charge in [0.25, 0.3) is 0 Å². The summed E-state index contributed by atoms with van der Waals surface area (Å²) in [6.07, 6.45) is 7.07. The summed E-state index contributed by atoms with van der Waals surface area (Å²) >= 11 is 0. The van der Waals surface area contributed by atoms with Gasteiger partial charge in [0.1, 0.15) is 0 Å². The van der Waals surface area contributed by atoms with Gasteiger partial charge in [0, 0.05) is 17.0 Å². The number of hydrogen-bond acceptors (Lipinski definition) is 1. The van der Waals surface area contributed by atoms with Gasteiger partial charge in [-0.25, -0.2) is 0 Å². The van der Waals surface area contributed by atoms with Crippen molar-refractivity contribution in [1.29, 1.82) is 0 Å². The molecule has 0 aliphatic heterocycles. The van der Waals surface area contributed by atoms with Gasteiger partial charge in [-0.2, -0.15) is 0 Å². The molecular formula is C17H15N. The molecule has 1 aliphatic rings. The van der Waals surface area contributed by atoms with Gasteiger partial charge in [-0.15, -0.1) is 0 Å². The second kappa shape index (κ2) is 3.81. The van der Waals surface area contributed by atoms with E-state index in [-0.39, 0.29) is 0 Å². The summed E-state index contributed by atoms with van der Waals surface area (Å²) in [6, 6.07) is 13.1. The maximum absolute atomic E-state index is 4.72. The van der Waals surface area contributed by atoms with Crippen LogP contribution in [0.4, 0.5) is 0 Å². The molecule has 0 amide bonds. The molecule has 0 radical (unpaired) electrons. The summed E-state index contributed by atoms with van der Waals surface area (Å²) in [4.78, 5) is 4.72. The lowest BCUT2D eigenvalue weighted by molar-refractivity contribution is 0.689. The van der Waals surface area contributed by atoms with E-state index in [1.807, 2.05) is 6.20 Å². The lowest BCUT2D eigenvalue weighted by Gasteiger charge is -2.17. The number of hydrogen-bond donors (Lipinski definition) is 0. The third kappa shape index (κ3) is 1.37. The van der Waals surface area contributed by atoms with E-state index < -0.39 is 0 Å². The van der Waals surface area contributed by atoms with E-state index in [1.165, 1.54) is 58.5 Å². The second-order valence-corrected chi connectivity index (χ2v) is 5.15. The Balaban J connectivity index is 2.15. The van der Waals surface area contributed by atoms with Crippen molar-refractivity contribution in [2.45, 2.75) is 25.7 Å². The zero-order valence-electron chi connectivity index (χ0n) is 10.3. The molecule has 0 saturated carbocycles. The fourth-order valence-electron chi connectivity index (χ4n) is 3.16. The van der Waals surface area contributed by atoms with Gasteiger partial charge in [0.2, 0.25) is 0 Å². The SMILES string of the molecule is c1ccc2c(c1)cnc1c3c(ccc12)CCCC3. The number of pyridine rings is 1. The van der Waals surface area contributed by atoms with Crippen molar-refractivity contribution in [3.05, 3.63) is 53.7 Å². The summed E-state index contributed by atoms with van der Waals surface area (Å²) in [5, 5.41) is 3.88. The number of nitrogens with zero attached hydrogens (tertiary/aromatic N) is 1. The number of benzene rings is 2. The summed E-state index contributed by atoms with van der Waals surface area (Å²) in [6.45, 7) is 0. The Morgan fingerprint density at radius 2 is 1.72 bits per heavy atom. The molecule has 2 aromatic carbocycles. The molecule has 1 aliphatic carbocycles. The maximum Gasteiger partial charge on any atom is 0.0743 e. The Morgan fingerprint density at radius 3 is 2.72 bits per heavy atom. The van der Waals surface area contributed by atoms with Crippen molar-refractivity contribution in [3.63, 3.8) is 0 Å². The minimum Gasteiger partial charge on any atom is -0.255 e. The molecule has 1 heterocycles. The van der Waals surface area contributed by atoms with Crippen molar-refractivity contribution in [1.82, 2.24) is 4.98 Å². The molecule has 4 rings (SSSR count). The third-order valence-corrected chi connectivity index (χ3v) is 4.09. The molecule has 0 spiro atoms.